The van der Waals surface area contributed by atoms with Crippen LogP contribution in [-0.2, 0) is 10.8 Å². The van der Waals surface area contributed by atoms with Gasteiger partial charge in [-0.3, -0.25) is 0 Å². The van der Waals surface area contributed by atoms with Gasteiger partial charge in [0, 0.05) is 42.8 Å². The maximum Gasteiger partial charge on any atom is 0.0726 e. The number of thiophene rings is 1. The van der Waals surface area contributed by atoms with E-state index >= 15 is 0 Å². The lowest BCUT2D eigenvalue weighted by molar-refractivity contribution is 0.768. The van der Waals surface area contributed by atoms with Crippen LogP contribution in [0.2, 0.25) is 0 Å². The third-order valence-corrected chi connectivity index (χ3v) is 17.0. The van der Waals surface area contributed by atoms with Crippen molar-refractivity contribution < 1.29 is 0 Å². The second-order valence-corrected chi connectivity index (χ2v) is 20.1. The van der Waals surface area contributed by atoms with Gasteiger partial charge in [-0.2, -0.15) is 0 Å². The predicted molar refractivity (Wildman–Crippen MR) is 293 cm³/mol. The minimum atomic E-state index is -0.615. The molecular weight excluding hydrogens is 863 g/mol. The molecule has 70 heavy (non-hydrogen) atoms. The number of fused-ring (bicyclic) bond motifs is 16. The summed E-state index contributed by atoms with van der Waals surface area (Å²) in [6, 6.07) is 98.0. The van der Waals surface area contributed by atoms with Crippen molar-refractivity contribution in [3.8, 4) is 44.5 Å². The van der Waals surface area contributed by atoms with Crippen molar-refractivity contribution in [1.82, 2.24) is 0 Å². The van der Waals surface area contributed by atoms with Crippen LogP contribution >= 0.6 is 11.3 Å². The molecule has 0 saturated heterocycles. The molecule has 11 aromatic carbocycles. The van der Waals surface area contributed by atoms with E-state index < -0.39 is 10.8 Å². The van der Waals surface area contributed by atoms with Gasteiger partial charge >= 0.3 is 0 Å². The number of anilines is 3. The number of para-hydroxylation sites is 1. The standard InChI is InChI=1S/C68H43NS/c1-4-20-44(21-5-1)67(45-22-6-2-7-23-45)61-36-19-30-54(56-32-18-31-55-53-29-13-17-37-64(53)70-66(55)56)65(61)57-41-39-48(43-63(57)67)69(46-24-8-3-9-25-46)47-38-40-52-51-28-12-16-35-60(51)68(62(52)42-47)58-33-14-10-26-49(58)50-27-11-15-34-59(50)68/h1-43H. The van der Waals surface area contributed by atoms with E-state index in [0.717, 1.165) is 17.1 Å². The molecule has 3 aliphatic rings. The molecule has 0 N–H and O–H groups in total. The maximum atomic E-state index is 2.52. The Labute approximate surface area is 411 Å². The number of hydrogen-bond acceptors (Lipinski definition) is 2. The summed E-state index contributed by atoms with van der Waals surface area (Å²) in [5, 5.41) is 2.62. The van der Waals surface area contributed by atoms with Gasteiger partial charge in [0.15, 0.2) is 0 Å². The van der Waals surface area contributed by atoms with Crippen molar-refractivity contribution in [1.29, 1.82) is 0 Å². The zero-order valence-electron chi connectivity index (χ0n) is 38.2. The monoisotopic (exact) mass is 905 g/mol. The molecule has 0 unspecified atom stereocenters. The van der Waals surface area contributed by atoms with Gasteiger partial charge in [-0.05, 0) is 126 Å². The molecule has 1 nitrogen and oxygen atoms in total. The van der Waals surface area contributed by atoms with E-state index in [1.54, 1.807) is 0 Å². The van der Waals surface area contributed by atoms with Crippen molar-refractivity contribution in [3.05, 3.63) is 305 Å². The summed E-state index contributed by atoms with van der Waals surface area (Å²) in [6.45, 7) is 0. The van der Waals surface area contributed by atoms with Crippen molar-refractivity contribution in [2.45, 2.75) is 10.8 Å². The first-order valence-corrected chi connectivity index (χ1v) is 25.2. The van der Waals surface area contributed by atoms with Crippen molar-refractivity contribution in [3.63, 3.8) is 0 Å². The number of rotatable bonds is 6. The van der Waals surface area contributed by atoms with Crippen LogP contribution in [0.1, 0.15) is 44.5 Å². The molecule has 0 amide bonds. The zero-order valence-corrected chi connectivity index (χ0v) is 39.0. The number of benzene rings is 11. The first-order chi connectivity index (χ1) is 34.7. The number of hydrogen-bond donors (Lipinski definition) is 0. The molecule has 0 fully saturated rings. The molecule has 15 rings (SSSR count). The molecule has 3 aliphatic carbocycles. The van der Waals surface area contributed by atoms with Gasteiger partial charge in [0.2, 0.25) is 0 Å². The van der Waals surface area contributed by atoms with Crippen molar-refractivity contribution in [2.24, 2.45) is 0 Å². The Morgan fingerprint density at radius 1 is 0.271 bits per heavy atom. The van der Waals surface area contributed by atoms with E-state index in [4.69, 9.17) is 0 Å². The largest absolute Gasteiger partial charge is 0.310 e. The first kappa shape index (κ1) is 39.4. The molecule has 0 saturated carbocycles. The second kappa shape index (κ2) is 15.0. The average Bonchev–Trinajstić information content (AvgIpc) is 4.15. The van der Waals surface area contributed by atoms with Crippen LogP contribution in [0.15, 0.2) is 261 Å². The first-order valence-electron chi connectivity index (χ1n) is 24.3. The third-order valence-electron chi connectivity index (χ3n) is 15.8. The molecular formula is C68H43NS. The Balaban J connectivity index is 1.00. The fraction of sp³-hybridized carbons (Fsp3) is 0.0294. The Hall–Kier alpha value is -8.56. The van der Waals surface area contributed by atoms with E-state index in [1.165, 1.54) is 109 Å². The van der Waals surface area contributed by atoms with Crippen LogP contribution in [-0.4, -0.2) is 0 Å². The molecule has 0 atom stereocenters. The van der Waals surface area contributed by atoms with E-state index in [0.29, 0.717) is 0 Å². The number of nitrogens with zero attached hydrogens (tertiary/aromatic N) is 1. The predicted octanol–water partition coefficient (Wildman–Crippen LogP) is 17.9. The van der Waals surface area contributed by atoms with Crippen molar-refractivity contribution in [2.75, 3.05) is 4.90 Å². The summed E-state index contributed by atoms with van der Waals surface area (Å²) in [5.74, 6) is 0. The van der Waals surface area contributed by atoms with E-state index in [2.05, 4.69) is 266 Å². The Kier molecular flexibility index (Phi) is 8.43. The molecule has 0 radical (unpaired) electrons. The summed E-state index contributed by atoms with van der Waals surface area (Å²) in [6.07, 6.45) is 0. The van der Waals surface area contributed by atoms with Gasteiger partial charge in [-0.15, -0.1) is 11.3 Å². The minimum Gasteiger partial charge on any atom is -0.310 e. The van der Waals surface area contributed by atoms with Crippen LogP contribution in [0.5, 0.6) is 0 Å². The fourth-order valence-electron chi connectivity index (χ4n) is 13.1. The Morgan fingerprint density at radius 2 is 0.714 bits per heavy atom. The summed E-state index contributed by atoms with van der Waals surface area (Å²) in [4.78, 5) is 2.49. The zero-order chi connectivity index (χ0) is 46.0. The lowest BCUT2D eigenvalue weighted by atomic mass is 9.67. The van der Waals surface area contributed by atoms with Gasteiger partial charge < -0.3 is 4.90 Å². The quantitative estimate of drug-likeness (QED) is 0.161. The van der Waals surface area contributed by atoms with E-state index in [-0.39, 0.29) is 0 Å². The molecule has 0 aliphatic heterocycles. The van der Waals surface area contributed by atoms with E-state index in [9.17, 15) is 0 Å². The molecule has 12 aromatic rings. The van der Waals surface area contributed by atoms with Gasteiger partial charge in [-0.1, -0.05) is 218 Å². The second-order valence-electron chi connectivity index (χ2n) is 19.0. The summed E-state index contributed by atoms with van der Waals surface area (Å²) in [7, 11) is 0. The molecule has 2 heteroatoms. The molecule has 326 valence electrons. The van der Waals surface area contributed by atoms with Crippen molar-refractivity contribution >= 4 is 48.6 Å². The summed E-state index contributed by atoms with van der Waals surface area (Å²) < 4.78 is 2.64. The van der Waals surface area contributed by atoms with E-state index in [1.807, 2.05) is 11.3 Å². The molecule has 1 spiro atoms. The van der Waals surface area contributed by atoms with Gasteiger partial charge in [0.25, 0.3) is 0 Å². The smallest absolute Gasteiger partial charge is 0.0726 e. The highest BCUT2D eigenvalue weighted by Gasteiger charge is 2.52. The topological polar surface area (TPSA) is 3.24 Å². The van der Waals surface area contributed by atoms with Gasteiger partial charge in [-0.25, -0.2) is 0 Å². The highest BCUT2D eigenvalue weighted by Crippen LogP contribution is 2.64. The highest BCUT2D eigenvalue weighted by atomic mass is 32.1. The van der Waals surface area contributed by atoms with Crippen LogP contribution in [0.3, 0.4) is 0 Å². The lowest BCUT2D eigenvalue weighted by Crippen LogP contribution is -2.28. The Morgan fingerprint density at radius 3 is 1.34 bits per heavy atom. The fourth-order valence-corrected chi connectivity index (χ4v) is 14.3. The van der Waals surface area contributed by atoms with Crippen LogP contribution in [0.4, 0.5) is 17.1 Å². The van der Waals surface area contributed by atoms with Crippen LogP contribution in [0, 0.1) is 0 Å². The maximum absolute atomic E-state index is 2.52. The SMILES string of the molecule is c1ccc(N(c2ccc3c(c2)C(c2ccccc2)(c2ccccc2)c2cccc(-c4cccc5c4sc4ccccc45)c2-3)c2ccc3c(c2)C2(c4ccccc4-c4ccccc42)c2ccccc2-3)cc1. The third kappa shape index (κ3) is 5.21. The molecule has 1 heterocycles. The summed E-state index contributed by atoms with van der Waals surface area (Å²) >= 11 is 1.90. The van der Waals surface area contributed by atoms with Gasteiger partial charge in [0.1, 0.15) is 0 Å². The Bertz CT molecular complexity index is 3970. The van der Waals surface area contributed by atoms with Gasteiger partial charge in [0.05, 0.1) is 10.8 Å². The minimum absolute atomic E-state index is 0.458. The van der Waals surface area contributed by atoms with Crippen LogP contribution in [0.25, 0.3) is 64.7 Å². The van der Waals surface area contributed by atoms with Crippen LogP contribution < -0.4 is 4.90 Å². The normalized spacial score (nSPS) is 13.9. The lowest BCUT2D eigenvalue weighted by Gasteiger charge is -2.35. The summed E-state index contributed by atoms with van der Waals surface area (Å²) in [5.41, 5.74) is 23.0. The average molecular weight is 906 g/mol. The molecule has 1 aromatic heterocycles. The highest BCUT2D eigenvalue weighted by molar-refractivity contribution is 7.26. The molecule has 0 bridgehead atoms.